The third-order valence-corrected chi connectivity index (χ3v) is 4.87. The largest absolute Gasteiger partial charge is 0.496 e. The van der Waals surface area contributed by atoms with Crippen LogP contribution in [0.5, 0.6) is 5.75 Å². The van der Waals surface area contributed by atoms with Crippen LogP contribution in [0.25, 0.3) is 0 Å². The lowest BCUT2D eigenvalue weighted by atomic mass is 10.3. The van der Waals surface area contributed by atoms with Crippen LogP contribution in [-0.2, 0) is 14.8 Å². The molecule has 2 N–H and O–H groups in total. The molecule has 0 bridgehead atoms. The number of sulfonamides is 1. The number of nitrogens with one attached hydrogen (secondary N) is 2. The van der Waals surface area contributed by atoms with Gasteiger partial charge in [0.2, 0.25) is 15.9 Å². The minimum atomic E-state index is -3.64. The molecule has 1 heterocycles. The van der Waals surface area contributed by atoms with E-state index in [1.165, 1.54) is 19.2 Å². The summed E-state index contributed by atoms with van der Waals surface area (Å²) in [4.78, 5) is 11.2. The molecule has 0 aromatic heterocycles. The van der Waals surface area contributed by atoms with E-state index < -0.39 is 16.1 Å². The van der Waals surface area contributed by atoms with Gasteiger partial charge in [0.05, 0.1) is 16.5 Å². The van der Waals surface area contributed by atoms with E-state index in [1.807, 2.05) is 0 Å². The third kappa shape index (κ3) is 3.26. The highest BCUT2D eigenvalue weighted by molar-refractivity contribution is 9.10. The molecule has 0 radical (unpaired) electrons. The zero-order valence-electron chi connectivity index (χ0n) is 10.1. The average Bonchev–Trinajstić information content (AvgIpc) is 2.73. The van der Waals surface area contributed by atoms with Crippen molar-refractivity contribution < 1.29 is 17.9 Å². The molecule has 1 aliphatic rings. The van der Waals surface area contributed by atoms with Gasteiger partial charge in [-0.1, -0.05) is 0 Å². The molecule has 8 heteroatoms. The molecule has 1 aromatic rings. The first-order chi connectivity index (χ1) is 8.92. The molecule has 104 valence electrons. The van der Waals surface area contributed by atoms with Crippen molar-refractivity contribution in [1.82, 2.24) is 10.0 Å². The molecule has 1 fully saturated rings. The highest BCUT2D eigenvalue weighted by Gasteiger charge is 2.27. The van der Waals surface area contributed by atoms with Crippen LogP contribution >= 0.6 is 15.9 Å². The van der Waals surface area contributed by atoms with E-state index in [1.54, 1.807) is 6.07 Å². The number of halogens is 1. The molecule has 0 aliphatic carbocycles. The fourth-order valence-electron chi connectivity index (χ4n) is 1.79. The number of ether oxygens (including phenoxy) is 1. The number of benzene rings is 1. The topological polar surface area (TPSA) is 84.5 Å². The fraction of sp³-hybridized carbons (Fsp3) is 0.364. The van der Waals surface area contributed by atoms with Crippen LogP contribution in [0.4, 0.5) is 0 Å². The molecule has 1 amide bonds. The summed E-state index contributed by atoms with van der Waals surface area (Å²) in [5, 5.41) is 2.58. The zero-order valence-corrected chi connectivity index (χ0v) is 12.5. The Morgan fingerprint density at radius 2 is 2.21 bits per heavy atom. The van der Waals surface area contributed by atoms with Gasteiger partial charge in [0.1, 0.15) is 5.75 Å². The molecule has 1 atom stereocenters. The van der Waals surface area contributed by atoms with Crippen molar-refractivity contribution in [3.05, 3.63) is 22.7 Å². The van der Waals surface area contributed by atoms with Crippen LogP contribution in [0.15, 0.2) is 27.6 Å². The van der Waals surface area contributed by atoms with Crippen molar-refractivity contribution in [2.45, 2.75) is 17.4 Å². The van der Waals surface area contributed by atoms with Gasteiger partial charge in [0.15, 0.2) is 0 Å². The van der Waals surface area contributed by atoms with E-state index in [2.05, 4.69) is 26.0 Å². The van der Waals surface area contributed by atoms with Crippen molar-refractivity contribution in [2.24, 2.45) is 0 Å². The van der Waals surface area contributed by atoms with Gasteiger partial charge in [-0.3, -0.25) is 4.79 Å². The molecule has 6 nitrogen and oxygen atoms in total. The summed E-state index contributed by atoms with van der Waals surface area (Å²) in [6, 6.07) is 4.08. The highest BCUT2D eigenvalue weighted by atomic mass is 79.9. The van der Waals surface area contributed by atoms with Gasteiger partial charge in [-0.2, -0.15) is 0 Å². The number of hydrogen-bond acceptors (Lipinski definition) is 4. The van der Waals surface area contributed by atoms with Gasteiger partial charge in [0, 0.05) is 19.0 Å². The zero-order chi connectivity index (χ0) is 14.0. The second-order valence-corrected chi connectivity index (χ2v) is 6.69. The van der Waals surface area contributed by atoms with E-state index in [0.717, 1.165) is 0 Å². The molecule has 1 unspecified atom stereocenters. The normalized spacial score (nSPS) is 19.3. The summed E-state index contributed by atoms with van der Waals surface area (Å²) in [5.41, 5.74) is 0. The lowest BCUT2D eigenvalue weighted by molar-refractivity contribution is -0.119. The summed E-state index contributed by atoms with van der Waals surface area (Å²) < 4.78 is 32.4. The number of rotatable bonds is 4. The summed E-state index contributed by atoms with van der Waals surface area (Å²) in [5.74, 6) is 0.403. The predicted octanol–water partition coefficient (Wildman–Crippen LogP) is 0.624. The number of methoxy groups -OCH3 is 1. The van der Waals surface area contributed by atoms with Crippen molar-refractivity contribution in [2.75, 3.05) is 13.7 Å². The lowest BCUT2D eigenvalue weighted by Gasteiger charge is -2.12. The van der Waals surface area contributed by atoms with Gasteiger partial charge in [0.25, 0.3) is 0 Å². The van der Waals surface area contributed by atoms with Crippen molar-refractivity contribution in [1.29, 1.82) is 0 Å². The summed E-state index contributed by atoms with van der Waals surface area (Å²) in [7, 11) is -2.14. The van der Waals surface area contributed by atoms with E-state index >= 15 is 0 Å². The van der Waals surface area contributed by atoms with Gasteiger partial charge in [-0.05, 0) is 34.1 Å². The first-order valence-corrected chi connectivity index (χ1v) is 7.82. The minimum Gasteiger partial charge on any atom is -0.496 e. The smallest absolute Gasteiger partial charge is 0.240 e. The van der Waals surface area contributed by atoms with Crippen molar-refractivity contribution in [3.63, 3.8) is 0 Å². The number of carbonyl (C=O) groups excluding carboxylic acids is 1. The second kappa shape index (κ2) is 5.48. The SMILES string of the molecule is COc1ccc(S(=O)(=O)NC2CNC(=O)C2)cc1Br. The quantitative estimate of drug-likeness (QED) is 0.835. The molecule has 1 aliphatic heterocycles. The predicted molar refractivity (Wildman–Crippen MR) is 72.4 cm³/mol. The number of amides is 1. The second-order valence-electron chi connectivity index (χ2n) is 4.12. The van der Waals surface area contributed by atoms with Crippen molar-refractivity contribution >= 4 is 31.9 Å². The summed E-state index contributed by atoms with van der Waals surface area (Å²) in [6.07, 6.45) is 0.163. The van der Waals surface area contributed by atoms with E-state index in [9.17, 15) is 13.2 Å². The fourth-order valence-corrected chi connectivity index (χ4v) is 3.74. The Labute approximate surface area is 119 Å². The summed E-state index contributed by atoms with van der Waals surface area (Å²) >= 11 is 3.24. The van der Waals surface area contributed by atoms with Crippen LogP contribution in [0, 0.1) is 0 Å². The first kappa shape index (κ1) is 14.3. The first-order valence-electron chi connectivity index (χ1n) is 5.55. The molecule has 19 heavy (non-hydrogen) atoms. The standard InChI is InChI=1S/C11H13BrN2O4S/c1-18-10-3-2-8(5-9(10)12)19(16,17)14-7-4-11(15)13-6-7/h2-3,5,7,14H,4,6H2,1H3,(H,13,15). The van der Waals surface area contributed by atoms with Crippen LogP contribution in [0.2, 0.25) is 0 Å². The van der Waals surface area contributed by atoms with Gasteiger partial charge < -0.3 is 10.1 Å². The van der Waals surface area contributed by atoms with E-state index in [-0.39, 0.29) is 17.2 Å². The molecule has 0 saturated carbocycles. The van der Waals surface area contributed by atoms with Crippen LogP contribution in [0.1, 0.15) is 6.42 Å². The Kier molecular flexibility index (Phi) is 4.12. The highest BCUT2D eigenvalue weighted by Crippen LogP contribution is 2.27. The van der Waals surface area contributed by atoms with Gasteiger partial charge >= 0.3 is 0 Å². The molecule has 2 rings (SSSR count). The Morgan fingerprint density at radius 3 is 2.74 bits per heavy atom. The molecule has 1 saturated heterocycles. The minimum absolute atomic E-state index is 0.125. The van der Waals surface area contributed by atoms with E-state index in [0.29, 0.717) is 16.8 Å². The monoisotopic (exact) mass is 348 g/mol. The Bertz CT molecular complexity index is 603. The molecular weight excluding hydrogens is 336 g/mol. The lowest BCUT2D eigenvalue weighted by Crippen LogP contribution is -2.36. The third-order valence-electron chi connectivity index (χ3n) is 2.73. The number of hydrogen-bond donors (Lipinski definition) is 2. The molecular formula is C11H13BrN2O4S. The van der Waals surface area contributed by atoms with Crippen LogP contribution in [-0.4, -0.2) is 34.0 Å². The molecule has 1 aromatic carbocycles. The maximum atomic E-state index is 12.1. The average molecular weight is 349 g/mol. The Morgan fingerprint density at radius 1 is 1.47 bits per heavy atom. The summed E-state index contributed by atoms with van der Waals surface area (Å²) in [6.45, 7) is 0.315. The van der Waals surface area contributed by atoms with Gasteiger partial charge in [-0.15, -0.1) is 0 Å². The maximum absolute atomic E-state index is 12.1. The van der Waals surface area contributed by atoms with E-state index in [4.69, 9.17) is 4.74 Å². The Hall–Kier alpha value is -1.12. The maximum Gasteiger partial charge on any atom is 0.240 e. The van der Waals surface area contributed by atoms with Gasteiger partial charge in [-0.25, -0.2) is 13.1 Å². The van der Waals surface area contributed by atoms with Crippen LogP contribution < -0.4 is 14.8 Å². The Balaban J connectivity index is 2.19. The molecule has 0 spiro atoms. The number of carbonyl (C=O) groups is 1. The van der Waals surface area contributed by atoms with Crippen molar-refractivity contribution in [3.8, 4) is 5.75 Å². The van der Waals surface area contributed by atoms with Crippen LogP contribution in [0.3, 0.4) is 0 Å².